The molecule has 2 aromatic carbocycles. The van der Waals surface area contributed by atoms with Crippen LogP contribution < -0.4 is 14.8 Å². The van der Waals surface area contributed by atoms with Gasteiger partial charge in [-0.05, 0) is 29.8 Å². The van der Waals surface area contributed by atoms with E-state index in [2.05, 4.69) is 20.2 Å². The van der Waals surface area contributed by atoms with Crippen LogP contribution >= 0.6 is 11.3 Å². The molecule has 0 bridgehead atoms. The summed E-state index contributed by atoms with van der Waals surface area (Å²) in [5, 5.41) is 11.8. The molecule has 1 heterocycles. The monoisotopic (exact) mass is 432 g/mol. The lowest BCUT2D eigenvalue weighted by atomic mass is 10.2. The van der Waals surface area contributed by atoms with Gasteiger partial charge in [-0.1, -0.05) is 41.7 Å². The maximum Gasteiger partial charge on any atom is 0.240 e. The van der Waals surface area contributed by atoms with E-state index in [1.165, 1.54) is 30.6 Å². The first-order valence-electron chi connectivity index (χ1n) is 8.76. The van der Waals surface area contributed by atoms with Crippen molar-refractivity contribution in [1.29, 1.82) is 0 Å². The predicted molar refractivity (Wildman–Crippen MR) is 111 cm³/mol. The molecular weight excluding hydrogens is 412 g/mol. The number of carbonyl (C=O) groups is 1. The van der Waals surface area contributed by atoms with Gasteiger partial charge in [0.05, 0.1) is 12.0 Å². The topological polar surface area (TPSA) is 110 Å². The zero-order chi connectivity index (χ0) is 20.7. The minimum atomic E-state index is -3.70. The van der Waals surface area contributed by atoms with Crippen LogP contribution in [0.5, 0.6) is 5.75 Å². The number of amides is 1. The molecule has 10 heteroatoms. The van der Waals surface area contributed by atoms with Crippen LogP contribution in [0, 0.1) is 0 Å². The van der Waals surface area contributed by atoms with Crippen molar-refractivity contribution in [1.82, 2.24) is 14.9 Å². The van der Waals surface area contributed by atoms with Crippen molar-refractivity contribution in [2.75, 3.05) is 19.0 Å². The van der Waals surface area contributed by atoms with E-state index in [1.807, 2.05) is 30.3 Å². The van der Waals surface area contributed by atoms with Crippen LogP contribution in [0.1, 0.15) is 17.0 Å². The number of aromatic nitrogens is 2. The van der Waals surface area contributed by atoms with Crippen molar-refractivity contribution in [3.05, 3.63) is 65.2 Å². The maximum absolute atomic E-state index is 12.2. The number of methoxy groups -OCH3 is 1. The second-order valence-electron chi connectivity index (χ2n) is 6.03. The van der Waals surface area contributed by atoms with Crippen molar-refractivity contribution >= 4 is 32.4 Å². The average Bonchev–Trinajstić information content (AvgIpc) is 3.15. The van der Waals surface area contributed by atoms with Crippen molar-refractivity contribution < 1.29 is 17.9 Å². The molecule has 8 nitrogen and oxygen atoms in total. The fraction of sp³-hybridized carbons (Fsp3) is 0.211. The number of carbonyl (C=O) groups excluding carboxylic acids is 1. The standard InChI is InChI=1S/C19H20N4O4S2/c1-27-15-7-9-16(10-8-15)29(25,26)20-12-11-17(24)21-19-23-22-18(28-19)13-14-5-3-2-4-6-14/h2-10,20H,11-13H2,1H3,(H,21,23,24). The van der Waals surface area contributed by atoms with Crippen molar-refractivity contribution in [2.45, 2.75) is 17.7 Å². The summed E-state index contributed by atoms with van der Waals surface area (Å²) in [6, 6.07) is 15.8. The highest BCUT2D eigenvalue weighted by Crippen LogP contribution is 2.19. The number of nitrogens with zero attached hydrogens (tertiary/aromatic N) is 2. The highest BCUT2D eigenvalue weighted by atomic mass is 32.2. The smallest absolute Gasteiger partial charge is 0.240 e. The second kappa shape index (κ2) is 9.59. The SMILES string of the molecule is COc1ccc(S(=O)(=O)NCCC(=O)Nc2nnc(Cc3ccccc3)s2)cc1. The average molecular weight is 433 g/mol. The molecule has 2 N–H and O–H groups in total. The molecular formula is C19H20N4O4S2. The predicted octanol–water partition coefficient (Wildman–Crippen LogP) is 2.44. The van der Waals surface area contributed by atoms with Gasteiger partial charge in [0.25, 0.3) is 0 Å². The first-order chi connectivity index (χ1) is 14.0. The van der Waals surface area contributed by atoms with Crippen molar-refractivity contribution in [3.8, 4) is 5.75 Å². The van der Waals surface area contributed by atoms with Gasteiger partial charge >= 0.3 is 0 Å². The first-order valence-corrected chi connectivity index (χ1v) is 11.1. The first kappa shape index (κ1) is 20.9. The maximum atomic E-state index is 12.2. The second-order valence-corrected chi connectivity index (χ2v) is 8.86. The fourth-order valence-corrected chi connectivity index (χ4v) is 4.29. The molecule has 3 aromatic rings. The van der Waals surface area contributed by atoms with Gasteiger partial charge in [0, 0.05) is 19.4 Å². The lowest BCUT2D eigenvalue weighted by molar-refractivity contribution is -0.116. The van der Waals surface area contributed by atoms with E-state index >= 15 is 0 Å². The number of ether oxygens (including phenoxy) is 1. The normalized spacial score (nSPS) is 11.2. The summed E-state index contributed by atoms with van der Waals surface area (Å²) in [5.74, 6) is 0.219. The van der Waals surface area contributed by atoms with E-state index in [-0.39, 0.29) is 23.8 Å². The van der Waals surface area contributed by atoms with Crippen LogP contribution in [0.25, 0.3) is 0 Å². The van der Waals surface area contributed by atoms with Gasteiger partial charge in [-0.15, -0.1) is 10.2 Å². The summed E-state index contributed by atoms with van der Waals surface area (Å²) < 4.78 is 31.9. The van der Waals surface area contributed by atoms with Gasteiger partial charge in [0.1, 0.15) is 10.8 Å². The number of hydrogen-bond donors (Lipinski definition) is 2. The Labute approximate surface area is 173 Å². The molecule has 0 saturated heterocycles. The Kier molecular flexibility index (Phi) is 6.91. The third kappa shape index (κ3) is 6.08. The molecule has 1 aromatic heterocycles. The molecule has 0 spiro atoms. The molecule has 152 valence electrons. The van der Waals surface area contributed by atoms with Crippen LogP contribution in [0.2, 0.25) is 0 Å². The Hall–Kier alpha value is -2.82. The third-order valence-electron chi connectivity index (χ3n) is 3.93. The zero-order valence-electron chi connectivity index (χ0n) is 15.7. The molecule has 29 heavy (non-hydrogen) atoms. The minimum absolute atomic E-state index is 0.0248. The van der Waals surface area contributed by atoms with Gasteiger partial charge in [-0.2, -0.15) is 0 Å². The van der Waals surface area contributed by atoms with Crippen LogP contribution in [-0.2, 0) is 21.2 Å². The molecule has 0 aliphatic rings. The molecule has 0 radical (unpaired) electrons. The highest BCUT2D eigenvalue weighted by molar-refractivity contribution is 7.89. The largest absolute Gasteiger partial charge is 0.497 e. The summed E-state index contributed by atoms with van der Waals surface area (Å²) in [4.78, 5) is 12.2. The molecule has 0 aliphatic heterocycles. The van der Waals surface area contributed by atoms with Crippen LogP contribution in [0.3, 0.4) is 0 Å². The summed E-state index contributed by atoms with van der Waals surface area (Å²) in [7, 11) is -2.19. The van der Waals surface area contributed by atoms with E-state index in [4.69, 9.17) is 4.74 Å². The minimum Gasteiger partial charge on any atom is -0.497 e. The number of benzene rings is 2. The Morgan fingerprint density at radius 1 is 1.07 bits per heavy atom. The van der Waals surface area contributed by atoms with Crippen LogP contribution in [-0.4, -0.2) is 38.2 Å². The molecule has 0 fully saturated rings. The summed E-state index contributed by atoms with van der Waals surface area (Å²) in [6.07, 6.45) is 0.610. The van der Waals surface area contributed by atoms with E-state index in [1.54, 1.807) is 12.1 Å². The van der Waals surface area contributed by atoms with Gasteiger partial charge < -0.3 is 10.1 Å². The zero-order valence-corrected chi connectivity index (χ0v) is 17.3. The number of anilines is 1. The molecule has 0 aliphatic carbocycles. The fourth-order valence-electron chi connectivity index (χ4n) is 2.46. The Balaban J connectivity index is 1.47. The Bertz CT molecular complexity index is 1050. The van der Waals surface area contributed by atoms with Gasteiger partial charge in [-0.3, -0.25) is 4.79 Å². The molecule has 0 saturated carbocycles. The van der Waals surface area contributed by atoms with E-state index in [9.17, 15) is 13.2 Å². The lowest BCUT2D eigenvalue weighted by Crippen LogP contribution is -2.27. The summed E-state index contributed by atoms with van der Waals surface area (Å²) in [5.41, 5.74) is 1.11. The van der Waals surface area contributed by atoms with Gasteiger partial charge in [0.2, 0.25) is 21.1 Å². The Morgan fingerprint density at radius 3 is 2.48 bits per heavy atom. The molecule has 1 amide bonds. The summed E-state index contributed by atoms with van der Waals surface area (Å²) in [6.45, 7) is -0.0319. The van der Waals surface area contributed by atoms with Gasteiger partial charge in [-0.25, -0.2) is 13.1 Å². The number of nitrogens with one attached hydrogen (secondary N) is 2. The van der Waals surface area contributed by atoms with Crippen molar-refractivity contribution in [3.63, 3.8) is 0 Å². The van der Waals surface area contributed by atoms with Crippen LogP contribution in [0.15, 0.2) is 59.5 Å². The third-order valence-corrected chi connectivity index (χ3v) is 6.24. The highest BCUT2D eigenvalue weighted by Gasteiger charge is 2.15. The number of sulfonamides is 1. The lowest BCUT2D eigenvalue weighted by Gasteiger charge is -2.07. The number of rotatable bonds is 9. The number of hydrogen-bond acceptors (Lipinski definition) is 7. The quantitative estimate of drug-likeness (QED) is 0.537. The summed E-state index contributed by atoms with van der Waals surface area (Å²) >= 11 is 1.29. The molecule has 3 rings (SSSR count). The molecule has 0 unspecified atom stereocenters. The van der Waals surface area contributed by atoms with Crippen molar-refractivity contribution in [2.24, 2.45) is 0 Å². The van der Waals surface area contributed by atoms with E-state index < -0.39 is 10.0 Å². The van der Waals surface area contributed by atoms with Gasteiger partial charge in [0.15, 0.2) is 0 Å². The Morgan fingerprint density at radius 2 is 1.79 bits per heavy atom. The van der Waals surface area contributed by atoms with E-state index in [0.717, 1.165) is 10.6 Å². The molecule has 0 atom stereocenters. The van der Waals surface area contributed by atoms with Crippen LogP contribution in [0.4, 0.5) is 5.13 Å². The van der Waals surface area contributed by atoms with E-state index in [0.29, 0.717) is 17.3 Å².